The highest BCUT2D eigenvalue weighted by Crippen LogP contribution is 2.24. The van der Waals surface area contributed by atoms with E-state index in [4.69, 9.17) is 9.73 Å². The van der Waals surface area contributed by atoms with Crippen molar-refractivity contribution in [2.75, 3.05) is 52.4 Å². The van der Waals surface area contributed by atoms with Gasteiger partial charge in [0.1, 0.15) is 6.10 Å². The van der Waals surface area contributed by atoms with Crippen LogP contribution in [-0.2, 0) is 4.74 Å². The van der Waals surface area contributed by atoms with Crippen LogP contribution in [0.5, 0.6) is 0 Å². The van der Waals surface area contributed by atoms with E-state index in [1.54, 1.807) is 0 Å². The molecule has 2 rings (SSSR count). The first-order chi connectivity index (χ1) is 13.2. The summed E-state index contributed by atoms with van der Waals surface area (Å²) < 4.78 is 6.07. The van der Waals surface area contributed by atoms with Crippen LogP contribution in [0.3, 0.4) is 0 Å². The lowest BCUT2D eigenvalue weighted by Crippen LogP contribution is -2.48. The molecule has 0 aromatic heterocycles. The number of hydrogen-bond donors (Lipinski definition) is 1. The number of hydrogen-bond acceptors (Lipinski definition) is 3. The van der Waals surface area contributed by atoms with Crippen LogP contribution in [0.15, 0.2) is 29.3 Å². The minimum absolute atomic E-state index is 0.117. The van der Waals surface area contributed by atoms with Crippen LogP contribution in [0.2, 0.25) is 0 Å². The van der Waals surface area contributed by atoms with Gasteiger partial charge in [0.05, 0.1) is 13.2 Å². The molecule has 0 bridgehead atoms. The molecule has 1 saturated heterocycles. The molecule has 0 saturated carbocycles. The Morgan fingerprint density at radius 2 is 2.00 bits per heavy atom. The number of nitrogens with one attached hydrogen (secondary N) is 1. The Labute approximate surface area is 165 Å². The molecular weight excluding hydrogens is 336 g/mol. The molecule has 5 heteroatoms. The minimum Gasteiger partial charge on any atom is -0.370 e. The Kier molecular flexibility index (Phi) is 9.64. The van der Waals surface area contributed by atoms with E-state index in [1.807, 2.05) is 0 Å². The maximum atomic E-state index is 6.07. The van der Waals surface area contributed by atoms with Crippen LogP contribution in [0.25, 0.3) is 0 Å². The number of morpholine rings is 1. The molecule has 1 unspecified atom stereocenters. The lowest BCUT2D eigenvalue weighted by atomic mass is 10.0. The summed E-state index contributed by atoms with van der Waals surface area (Å²) in [4.78, 5) is 9.73. The molecule has 0 spiro atoms. The van der Waals surface area contributed by atoms with Crippen LogP contribution in [0.1, 0.15) is 50.8 Å². The van der Waals surface area contributed by atoms with Gasteiger partial charge in [0.25, 0.3) is 0 Å². The van der Waals surface area contributed by atoms with Gasteiger partial charge in [-0.05, 0) is 57.5 Å². The van der Waals surface area contributed by atoms with E-state index in [0.717, 1.165) is 58.3 Å². The SMILES string of the molecule is CCNC(=NCCCCN(CC)CC)N1CCOC(c2ccccc2C)C1. The van der Waals surface area contributed by atoms with Gasteiger partial charge in [-0.2, -0.15) is 0 Å². The molecule has 1 atom stereocenters. The molecule has 1 aliphatic heterocycles. The molecule has 1 fully saturated rings. The first kappa shape index (κ1) is 21.7. The van der Waals surface area contributed by atoms with E-state index in [-0.39, 0.29) is 6.10 Å². The zero-order valence-corrected chi connectivity index (χ0v) is 17.7. The topological polar surface area (TPSA) is 40.1 Å². The number of guanidine groups is 1. The lowest BCUT2D eigenvalue weighted by Gasteiger charge is -2.35. The van der Waals surface area contributed by atoms with E-state index in [1.165, 1.54) is 24.1 Å². The summed E-state index contributed by atoms with van der Waals surface area (Å²) in [6.45, 7) is 16.5. The summed E-state index contributed by atoms with van der Waals surface area (Å²) in [5.74, 6) is 1.03. The summed E-state index contributed by atoms with van der Waals surface area (Å²) in [5, 5.41) is 3.47. The zero-order valence-electron chi connectivity index (χ0n) is 17.7. The third kappa shape index (κ3) is 6.82. The fourth-order valence-corrected chi connectivity index (χ4v) is 3.58. The van der Waals surface area contributed by atoms with Gasteiger partial charge in [-0.3, -0.25) is 4.99 Å². The van der Waals surface area contributed by atoms with Crippen LogP contribution in [0, 0.1) is 6.92 Å². The third-order valence-electron chi connectivity index (χ3n) is 5.27. The van der Waals surface area contributed by atoms with Crippen LogP contribution in [-0.4, -0.2) is 68.2 Å². The average molecular weight is 375 g/mol. The molecule has 1 aliphatic rings. The first-order valence-electron chi connectivity index (χ1n) is 10.6. The second-order valence-electron chi connectivity index (χ2n) is 7.13. The molecule has 152 valence electrons. The van der Waals surface area contributed by atoms with Crippen molar-refractivity contribution in [1.82, 2.24) is 15.1 Å². The van der Waals surface area contributed by atoms with Crippen molar-refractivity contribution in [3.8, 4) is 0 Å². The summed E-state index contributed by atoms with van der Waals surface area (Å²) in [7, 11) is 0. The van der Waals surface area contributed by atoms with Gasteiger partial charge in [-0.1, -0.05) is 38.1 Å². The van der Waals surface area contributed by atoms with E-state index in [0.29, 0.717) is 0 Å². The van der Waals surface area contributed by atoms with E-state index in [9.17, 15) is 0 Å². The van der Waals surface area contributed by atoms with Gasteiger partial charge in [0.15, 0.2) is 5.96 Å². The van der Waals surface area contributed by atoms with Crippen molar-refractivity contribution in [3.05, 3.63) is 35.4 Å². The Bertz CT molecular complexity index is 571. The van der Waals surface area contributed by atoms with Crippen molar-refractivity contribution >= 4 is 5.96 Å². The normalized spacial score (nSPS) is 18.2. The molecule has 1 heterocycles. The minimum atomic E-state index is 0.117. The predicted octanol–water partition coefficient (Wildman–Crippen LogP) is 3.46. The van der Waals surface area contributed by atoms with Crippen LogP contribution >= 0.6 is 0 Å². The standard InChI is InChI=1S/C22H38N4O/c1-5-23-22(24-14-10-11-15-25(6-2)7-3)26-16-17-27-21(18-26)20-13-9-8-12-19(20)4/h8-9,12-13,21H,5-7,10-11,14-18H2,1-4H3,(H,23,24). The number of unbranched alkanes of at least 4 members (excludes halogenated alkanes) is 1. The fraction of sp³-hybridized carbons (Fsp3) is 0.682. The molecule has 1 aromatic rings. The maximum Gasteiger partial charge on any atom is 0.194 e. The summed E-state index contributed by atoms with van der Waals surface area (Å²) >= 11 is 0. The van der Waals surface area contributed by atoms with Crippen LogP contribution < -0.4 is 5.32 Å². The molecule has 5 nitrogen and oxygen atoms in total. The Balaban J connectivity index is 1.91. The second-order valence-corrected chi connectivity index (χ2v) is 7.13. The third-order valence-corrected chi connectivity index (χ3v) is 5.27. The zero-order chi connectivity index (χ0) is 19.5. The molecule has 1 N–H and O–H groups in total. The Morgan fingerprint density at radius 3 is 2.70 bits per heavy atom. The van der Waals surface area contributed by atoms with Crippen molar-refractivity contribution in [1.29, 1.82) is 0 Å². The van der Waals surface area contributed by atoms with Gasteiger partial charge in [0.2, 0.25) is 0 Å². The lowest BCUT2D eigenvalue weighted by molar-refractivity contribution is -0.00832. The molecular formula is C22H38N4O. The van der Waals surface area contributed by atoms with Crippen molar-refractivity contribution < 1.29 is 4.74 Å². The van der Waals surface area contributed by atoms with Gasteiger partial charge in [-0.25, -0.2) is 0 Å². The van der Waals surface area contributed by atoms with Crippen molar-refractivity contribution in [2.24, 2.45) is 4.99 Å². The number of nitrogens with zero attached hydrogens (tertiary/aromatic N) is 3. The predicted molar refractivity (Wildman–Crippen MR) is 114 cm³/mol. The number of benzene rings is 1. The highest BCUT2D eigenvalue weighted by Gasteiger charge is 2.25. The molecule has 0 radical (unpaired) electrons. The van der Waals surface area contributed by atoms with Gasteiger partial charge in [0, 0.05) is 19.6 Å². The summed E-state index contributed by atoms with van der Waals surface area (Å²) in [6, 6.07) is 8.52. The highest BCUT2D eigenvalue weighted by molar-refractivity contribution is 5.80. The monoisotopic (exact) mass is 374 g/mol. The van der Waals surface area contributed by atoms with E-state index >= 15 is 0 Å². The quantitative estimate of drug-likeness (QED) is 0.408. The number of ether oxygens (including phenoxy) is 1. The van der Waals surface area contributed by atoms with Crippen molar-refractivity contribution in [2.45, 2.75) is 46.6 Å². The Morgan fingerprint density at radius 1 is 1.22 bits per heavy atom. The number of aliphatic imine (C=N–C) groups is 1. The summed E-state index contributed by atoms with van der Waals surface area (Å²) in [5.41, 5.74) is 2.58. The molecule has 0 aliphatic carbocycles. The molecule has 27 heavy (non-hydrogen) atoms. The largest absolute Gasteiger partial charge is 0.370 e. The van der Waals surface area contributed by atoms with E-state index < -0.39 is 0 Å². The highest BCUT2D eigenvalue weighted by atomic mass is 16.5. The van der Waals surface area contributed by atoms with Crippen LogP contribution in [0.4, 0.5) is 0 Å². The molecule has 0 amide bonds. The van der Waals surface area contributed by atoms with Crippen molar-refractivity contribution in [3.63, 3.8) is 0 Å². The molecule has 1 aromatic carbocycles. The summed E-state index contributed by atoms with van der Waals surface area (Å²) in [6.07, 6.45) is 2.46. The number of aryl methyl sites for hydroxylation is 1. The smallest absolute Gasteiger partial charge is 0.194 e. The Hall–Kier alpha value is -1.59. The van der Waals surface area contributed by atoms with Gasteiger partial charge >= 0.3 is 0 Å². The maximum absolute atomic E-state index is 6.07. The first-order valence-corrected chi connectivity index (χ1v) is 10.6. The average Bonchev–Trinajstić information content (AvgIpc) is 2.70. The van der Waals surface area contributed by atoms with E-state index in [2.05, 4.69) is 67.1 Å². The second kappa shape index (κ2) is 12.0. The van der Waals surface area contributed by atoms with Gasteiger partial charge < -0.3 is 19.9 Å². The number of rotatable bonds is 9. The fourth-order valence-electron chi connectivity index (χ4n) is 3.58. The van der Waals surface area contributed by atoms with Gasteiger partial charge in [-0.15, -0.1) is 0 Å².